The van der Waals surface area contributed by atoms with Crippen LogP contribution in [0.4, 0.5) is 0 Å². The van der Waals surface area contributed by atoms with Crippen LogP contribution >= 0.6 is 0 Å². The summed E-state index contributed by atoms with van der Waals surface area (Å²) in [4.78, 5) is 25.7. The van der Waals surface area contributed by atoms with E-state index in [2.05, 4.69) is 0 Å². The van der Waals surface area contributed by atoms with Gasteiger partial charge >= 0.3 is 5.97 Å². The summed E-state index contributed by atoms with van der Waals surface area (Å²) < 4.78 is 25.0. The molecule has 23 heavy (non-hydrogen) atoms. The molecule has 1 saturated carbocycles. The molecule has 2 heterocycles. The lowest BCUT2D eigenvalue weighted by molar-refractivity contribution is -0.149. The van der Waals surface area contributed by atoms with Gasteiger partial charge in [-0.05, 0) is 31.6 Å². The number of rotatable bonds is 4. The lowest BCUT2D eigenvalue weighted by atomic mass is 9.84. The highest BCUT2D eigenvalue weighted by atomic mass is 32.2. The number of amides is 1. The standard InChI is InChI=1S/C15H24N2O5S/c18-14(6-8-16-7-3-9-23(16,21)22)17-12-5-2-1-4-11(12)10-13(17)15(19)20/h11-13H,1-10H2,(H,19,20)/t11-,12-,13+/m1/s1. The zero-order valence-electron chi connectivity index (χ0n) is 13.2. The number of likely N-dealkylation sites (tertiary alicyclic amines) is 1. The van der Waals surface area contributed by atoms with Crippen LogP contribution in [0.5, 0.6) is 0 Å². The molecule has 0 aromatic carbocycles. The summed E-state index contributed by atoms with van der Waals surface area (Å²) in [7, 11) is -3.21. The van der Waals surface area contributed by atoms with E-state index in [0.29, 0.717) is 19.4 Å². The summed E-state index contributed by atoms with van der Waals surface area (Å²) >= 11 is 0. The SMILES string of the molecule is O=C(O)[C@@H]1C[C@H]2CCCC[C@H]2N1C(=O)CCN1CCCS1(=O)=O. The number of sulfonamides is 1. The maximum Gasteiger partial charge on any atom is 0.326 e. The third-order valence-electron chi connectivity index (χ3n) is 5.44. The second kappa shape index (κ2) is 6.39. The molecule has 0 bridgehead atoms. The highest BCUT2D eigenvalue weighted by Gasteiger charge is 2.47. The first-order valence-electron chi connectivity index (χ1n) is 8.42. The van der Waals surface area contributed by atoms with Crippen molar-refractivity contribution in [2.75, 3.05) is 18.8 Å². The molecular formula is C15H24N2O5S. The fraction of sp³-hybridized carbons (Fsp3) is 0.867. The Balaban J connectivity index is 1.67. The topological polar surface area (TPSA) is 95.0 Å². The molecule has 0 spiro atoms. The second-order valence-electron chi connectivity index (χ2n) is 6.82. The number of hydrogen-bond acceptors (Lipinski definition) is 4. The average Bonchev–Trinajstić information content (AvgIpc) is 3.04. The molecule has 0 aromatic heterocycles. The van der Waals surface area contributed by atoms with E-state index >= 15 is 0 Å². The summed E-state index contributed by atoms with van der Waals surface area (Å²) in [5.74, 6) is -0.729. The van der Waals surface area contributed by atoms with Crippen LogP contribution in [-0.2, 0) is 19.6 Å². The first kappa shape index (κ1) is 16.7. The van der Waals surface area contributed by atoms with Crippen molar-refractivity contribution in [1.29, 1.82) is 0 Å². The third-order valence-corrected chi connectivity index (χ3v) is 7.40. The van der Waals surface area contributed by atoms with Gasteiger partial charge in [-0.2, -0.15) is 0 Å². The van der Waals surface area contributed by atoms with Gasteiger partial charge < -0.3 is 10.0 Å². The molecule has 1 aliphatic carbocycles. The van der Waals surface area contributed by atoms with Crippen molar-refractivity contribution in [3.8, 4) is 0 Å². The number of aliphatic carboxylic acids is 1. The van der Waals surface area contributed by atoms with Crippen molar-refractivity contribution in [3.05, 3.63) is 0 Å². The van der Waals surface area contributed by atoms with Gasteiger partial charge in [-0.25, -0.2) is 17.5 Å². The average molecular weight is 344 g/mol. The van der Waals surface area contributed by atoms with E-state index < -0.39 is 22.0 Å². The Morgan fingerprint density at radius 2 is 1.87 bits per heavy atom. The van der Waals surface area contributed by atoms with Crippen molar-refractivity contribution in [3.63, 3.8) is 0 Å². The van der Waals surface area contributed by atoms with E-state index in [1.807, 2.05) is 0 Å². The van der Waals surface area contributed by atoms with Crippen LogP contribution in [0.25, 0.3) is 0 Å². The summed E-state index contributed by atoms with van der Waals surface area (Å²) in [6.07, 6.45) is 5.18. The van der Waals surface area contributed by atoms with Gasteiger partial charge in [0.2, 0.25) is 15.9 Å². The Morgan fingerprint density at radius 1 is 1.13 bits per heavy atom. The van der Waals surface area contributed by atoms with Crippen molar-refractivity contribution in [2.45, 2.75) is 57.0 Å². The van der Waals surface area contributed by atoms with Crippen molar-refractivity contribution >= 4 is 21.9 Å². The van der Waals surface area contributed by atoms with Crippen LogP contribution in [0, 0.1) is 5.92 Å². The molecule has 0 aromatic rings. The summed E-state index contributed by atoms with van der Waals surface area (Å²) in [5, 5.41) is 9.44. The second-order valence-corrected chi connectivity index (χ2v) is 8.91. The Bertz CT molecular complexity index is 591. The van der Waals surface area contributed by atoms with Crippen LogP contribution < -0.4 is 0 Å². The molecule has 130 valence electrons. The zero-order chi connectivity index (χ0) is 16.6. The molecule has 2 saturated heterocycles. The van der Waals surface area contributed by atoms with Gasteiger partial charge in [0.05, 0.1) is 5.75 Å². The highest BCUT2D eigenvalue weighted by molar-refractivity contribution is 7.89. The van der Waals surface area contributed by atoms with E-state index in [9.17, 15) is 23.1 Å². The molecule has 3 rings (SSSR count). The highest BCUT2D eigenvalue weighted by Crippen LogP contribution is 2.40. The minimum absolute atomic E-state index is 0.0209. The van der Waals surface area contributed by atoms with Gasteiger partial charge in [0.15, 0.2) is 0 Å². The monoisotopic (exact) mass is 344 g/mol. The number of carboxylic acids is 1. The summed E-state index contributed by atoms with van der Waals surface area (Å²) in [6.45, 7) is 0.630. The van der Waals surface area contributed by atoms with E-state index in [1.54, 1.807) is 4.90 Å². The molecule has 0 radical (unpaired) electrons. The van der Waals surface area contributed by atoms with Gasteiger partial charge in [-0.1, -0.05) is 12.8 Å². The summed E-state index contributed by atoms with van der Waals surface area (Å²) in [5.41, 5.74) is 0. The van der Waals surface area contributed by atoms with E-state index in [1.165, 1.54) is 4.31 Å². The van der Waals surface area contributed by atoms with E-state index in [0.717, 1.165) is 25.7 Å². The molecule has 2 aliphatic heterocycles. The molecule has 8 heteroatoms. The Morgan fingerprint density at radius 3 is 2.52 bits per heavy atom. The quantitative estimate of drug-likeness (QED) is 0.808. The molecule has 1 N–H and O–H groups in total. The molecule has 1 amide bonds. The van der Waals surface area contributed by atoms with Crippen LogP contribution in [0.1, 0.15) is 44.9 Å². The van der Waals surface area contributed by atoms with Crippen LogP contribution in [-0.4, -0.2) is 65.5 Å². The Kier molecular flexibility index (Phi) is 4.64. The third kappa shape index (κ3) is 3.24. The van der Waals surface area contributed by atoms with Gasteiger partial charge in [0, 0.05) is 25.6 Å². The van der Waals surface area contributed by atoms with Crippen molar-refractivity contribution < 1.29 is 23.1 Å². The first-order valence-corrected chi connectivity index (χ1v) is 10.0. The largest absolute Gasteiger partial charge is 0.480 e. The number of fused-ring (bicyclic) bond motifs is 1. The lowest BCUT2D eigenvalue weighted by Crippen LogP contribution is -2.47. The predicted molar refractivity (Wildman–Crippen MR) is 83.2 cm³/mol. The Labute approximate surface area is 136 Å². The molecule has 3 aliphatic rings. The number of carbonyl (C=O) groups excluding carboxylic acids is 1. The van der Waals surface area contributed by atoms with Crippen molar-refractivity contribution in [2.24, 2.45) is 5.92 Å². The maximum atomic E-state index is 12.6. The van der Waals surface area contributed by atoms with Crippen LogP contribution in [0.2, 0.25) is 0 Å². The van der Waals surface area contributed by atoms with E-state index in [-0.39, 0.29) is 36.6 Å². The first-order chi connectivity index (χ1) is 10.9. The molecule has 0 unspecified atom stereocenters. The Hall–Kier alpha value is -1.15. The number of carbonyl (C=O) groups is 2. The van der Waals surface area contributed by atoms with Gasteiger partial charge in [-0.15, -0.1) is 0 Å². The van der Waals surface area contributed by atoms with Crippen LogP contribution in [0.15, 0.2) is 0 Å². The molecule has 3 atom stereocenters. The summed E-state index contributed by atoms with van der Waals surface area (Å²) in [6, 6.07) is -0.724. The minimum Gasteiger partial charge on any atom is -0.480 e. The smallest absolute Gasteiger partial charge is 0.326 e. The normalized spacial score (nSPS) is 33.6. The van der Waals surface area contributed by atoms with E-state index in [4.69, 9.17) is 0 Å². The molecule has 7 nitrogen and oxygen atoms in total. The van der Waals surface area contributed by atoms with Gasteiger partial charge in [-0.3, -0.25) is 4.79 Å². The number of hydrogen-bond donors (Lipinski definition) is 1. The predicted octanol–water partition coefficient (Wildman–Crippen LogP) is 0.656. The molecular weight excluding hydrogens is 320 g/mol. The fourth-order valence-corrected chi connectivity index (χ4v) is 5.86. The van der Waals surface area contributed by atoms with Gasteiger partial charge in [0.25, 0.3) is 0 Å². The van der Waals surface area contributed by atoms with Gasteiger partial charge in [0.1, 0.15) is 6.04 Å². The molecule has 3 fully saturated rings. The number of nitrogens with zero attached hydrogens (tertiary/aromatic N) is 2. The number of carboxylic acid groups (broad SMARTS) is 1. The van der Waals surface area contributed by atoms with Crippen molar-refractivity contribution in [1.82, 2.24) is 9.21 Å². The van der Waals surface area contributed by atoms with Crippen LogP contribution in [0.3, 0.4) is 0 Å². The maximum absolute atomic E-state index is 12.6. The fourth-order valence-electron chi connectivity index (χ4n) is 4.33. The minimum atomic E-state index is -3.21. The zero-order valence-corrected chi connectivity index (χ0v) is 14.0. The lowest BCUT2D eigenvalue weighted by Gasteiger charge is -2.33.